The van der Waals surface area contributed by atoms with Crippen LogP contribution in [0.15, 0.2) is 36.9 Å². The quantitative estimate of drug-likeness (QED) is 0.228. The van der Waals surface area contributed by atoms with Crippen molar-refractivity contribution in [3.63, 3.8) is 0 Å². The summed E-state index contributed by atoms with van der Waals surface area (Å²) in [5.41, 5.74) is -0.290. The van der Waals surface area contributed by atoms with Gasteiger partial charge in [0.15, 0.2) is 17.5 Å². The fraction of sp³-hybridized carbons (Fsp3) is 0.500. The summed E-state index contributed by atoms with van der Waals surface area (Å²) in [5, 5.41) is 0. The predicted octanol–water partition coefficient (Wildman–Crippen LogP) is 9.10. The topological polar surface area (TPSA) is 0 Å². The van der Waals surface area contributed by atoms with Gasteiger partial charge in [-0.25, -0.2) is 22.0 Å². The zero-order chi connectivity index (χ0) is 23.5. The van der Waals surface area contributed by atoms with Crippen LogP contribution in [0.4, 0.5) is 22.0 Å². The van der Waals surface area contributed by atoms with Crippen LogP contribution in [0.3, 0.4) is 0 Å². The molecule has 0 heterocycles. The van der Waals surface area contributed by atoms with E-state index in [4.69, 9.17) is 0 Å². The second kappa shape index (κ2) is 10.4. The fourth-order valence-corrected chi connectivity index (χ4v) is 6.03. The lowest BCUT2D eigenvalue weighted by Crippen LogP contribution is -2.25. The van der Waals surface area contributed by atoms with Gasteiger partial charge in [-0.2, -0.15) is 0 Å². The molecule has 0 atom stereocenters. The van der Waals surface area contributed by atoms with Crippen molar-refractivity contribution in [2.24, 2.45) is 17.8 Å². The molecular formula is C28H31F5. The van der Waals surface area contributed by atoms with Crippen LogP contribution < -0.4 is 0 Å². The molecule has 5 heteroatoms. The maximum Gasteiger partial charge on any atom is 0.194 e. The summed E-state index contributed by atoms with van der Waals surface area (Å²) in [6.07, 6.45) is 13.4. The SMILES string of the molecule is C=CCCC1CCC(C2CCC(c3cc(F)c(-c4cc(F)c(F)c(F)c4)c(F)c3)CC2)CC1. The molecule has 0 amide bonds. The minimum Gasteiger partial charge on any atom is -0.206 e. The number of benzene rings is 2. The number of hydrogen-bond donors (Lipinski definition) is 0. The minimum absolute atomic E-state index is 0.0740. The molecule has 0 N–H and O–H groups in total. The van der Waals surface area contributed by atoms with E-state index >= 15 is 0 Å². The first-order valence-electron chi connectivity index (χ1n) is 12.1. The van der Waals surface area contributed by atoms with Crippen LogP contribution in [0, 0.1) is 46.8 Å². The summed E-state index contributed by atoms with van der Waals surface area (Å²) >= 11 is 0. The van der Waals surface area contributed by atoms with Crippen LogP contribution in [0.5, 0.6) is 0 Å². The number of halogens is 5. The highest BCUT2D eigenvalue weighted by Crippen LogP contribution is 2.45. The molecule has 0 aliphatic heterocycles. The van der Waals surface area contributed by atoms with Crippen LogP contribution in [0.1, 0.15) is 75.7 Å². The highest BCUT2D eigenvalue weighted by molar-refractivity contribution is 5.65. The molecule has 2 aliphatic rings. The molecule has 2 aromatic rings. The Bertz CT molecular complexity index is 936. The molecule has 0 nitrogen and oxygen atoms in total. The molecule has 0 aromatic heterocycles. The first kappa shape index (κ1) is 24.0. The summed E-state index contributed by atoms with van der Waals surface area (Å²) in [6.45, 7) is 3.82. The van der Waals surface area contributed by atoms with Gasteiger partial charge in [-0.1, -0.05) is 18.9 Å². The van der Waals surface area contributed by atoms with Gasteiger partial charge in [0.1, 0.15) is 11.6 Å². The molecular weight excluding hydrogens is 431 g/mol. The molecule has 2 fully saturated rings. The molecule has 0 unspecified atom stereocenters. The smallest absolute Gasteiger partial charge is 0.194 e. The Kier molecular flexibility index (Phi) is 7.55. The highest BCUT2D eigenvalue weighted by Gasteiger charge is 2.31. The third-order valence-electron chi connectivity index (χ3n) is 7.92. The van der Waals surface area contributed by atoms with Crippen molar-refractivity contribution in [1.29, 1.82) is 0 Å². The highest BCUT2D eigenvalue weighted by atomic mass is 19.2. The van der Waals surface area contributed by atoms with Crippen LogP contribution in [0.2, 0.25) is 0 Å². The van der Waals surface area contributed by atoms with E-state index in [9.17, 15) is 22.0 Å². The Morgan fingerprint density at radius 2 is 1.21 bits per heavy atom. The van der Waals surface area contributed by atoms with Crippen molar-refractivity contribution in [3.8, 4) is 11.1 Å². The number of rotatable bonds is 6. The first-order valence-corrected chi connectivity index (χ1v) is 12.1. The van der Waals surface area contributed by atoms with Gasteiger partial charge in [0.2, 0.25) is 0 Å². The van der Waals surface area contributed by atoms with Crippen molar-refractivity contribution in [2.75, 3.05) is 0 Å². The largest absolute Gasteiger partial charge is 0.206 e. The van der Waals surface area contributed by atoms with Crippen molar-refractivity contribution in [3.05, 3.63) is 71.6 Å². The van der Waals surface area contributed by atoms with Gasteiger partial charge in [-0.05, 0) is 110 Å². The lowest BCUT2D eigenvalue weighted by atomic mass is 9.68. The van der Waals surface area contributed by atoms with Gasteiger partial charge in [-0.3, -0.25) is 0 Å². The third kappa shape index (κ3) is 5.33. The first-order chi connectivity index (χ1) is 15.9. The summed E-state index contributed by atoms with van der Waals surface area (Å²) < 4.78 is 70.0. The van der Waals surface area contributed by atoms with Crippen molar-refractivity contribution >= 4 is 0 Å². The second-order valence-corrected chi connectivity index (χ2v) is 9.87. The zero-order valence-electron chi connectivity index (χ0n) is 18.9. The summed E-state index contributed by atoms with van der Waals surface area (Å²) in [6, 6.07) is 3.79. The predicted molar refractivity (Wildman–Crippen MR) is 121 cm³/mol. The van der Waals surface area contributed by atoms with Gasteiger partial charge < -0.3 is 0 Å². The standard InChI is InChI=1S/C28H31F5/c1-2-3-4-17-5-7-18(8-6-17)19-9-11-20(12-10-19)21-13-23(29)27(24(30)14-21)22-15-25(31)28(33)26(32)16-22/h2,13-20H,1,3-12H2. The van der Waals surface area contributed by atoms with Crippen LogP contribution in [0.25, 0.3) is 11.1 Å². The average Bonchev–Trinajstić information content (AvgIpc) is 2.81. The van der Waals surface area contributed by atoms with E-state index in [-0.39, 0.29) is 11.5 Å². The monoisotopic (exact) mass is 462 g/mol. The van der Waals surface area contributed by atoms with Crippen LogP contribution >= 0.6 is 0 Å². The van der Waals surface area contributed by atoms with Crippen molar-refractivity contribution in [1.82, 2.24) is 0 Å². The number of allylic oxidation sites excluding steroid dienone is 1. The van der Waals surface area contributed by atoms with E-state index in [1.54, 1.807) is 0 Å². The number of hydrogen-bond acceptors (Lipinski definition) is 0. The fourth-order valence-electron chi connectivity index (χ4n) is 6.03. The molecule has 4 rings (SSSR count). The molecule has 178 valence electrons. The van der Waals surface area contributed by atoms with Crippen LogP contribution in [-0.2, 0) is 0 Å². The van der Waals surface area contributed by atoms with Gasteiger partial charge in [0, 0.05) is 0 Å². The normalized spacial score (nSPS) is 25.7. The van der Waals surface area contributed by atoms with Gasteiger partial charge >= 0.3 is 0 Å². The maximum atomic E-state index is 14.8. The molecule has 0 bridgehead atoms. The Morgan fingerprint density at radius 3 is 1.73 bits per heavy atom. The maximum absolute atomic E-state index is 14.8. The van der Waals surface area contributed by atoms with E-state index in [0.717, 1.165) is 43.9 Å². The average molecular weight is 463 g/mol. The third-order valence-corrected chi connectivity index (χ3v) is 7.92. The van der Waals surface area contributed by atoms with Gasteiger partial charge in [0.25, 0.3) is 0 Å². The molecule has 2 aliphatic carbocycles. The van der Waals surface area contributed by atoms with Gasteiger partial charge in [0.05, 0.1) is 5.56 Å². The van der Waals surface area contributed by atoms with Crippen LogP contribution in [-0.4, -0.2) is 0 Å². The molecule has 0 spiro atoms. The summed E-state index contributed by atoms with van der Waals surface area (Å²) in [5.74, 6) is -4.02. The van der Waals surface area contributed by atoms with E-state index in [1.165, 1.54) is 44.2 Å². The van der Waals surface area contributed by atoms with E-state index in [1.807, 2.05) is 6.08 Å². The molecule has 0 radical (unpaired) electrons. The van der Waals surface area contributed by atoms with Gasteiger partial charge in [-0.15, -0.1) is 6.58 Å². The molecule has 2 saturated carbocycles. The Hall–Kier alpha value is -2.17. The lowest BCUT2D eigenvalue weighted by Gasteiger charge is -2.38. The van der Waals surface area contributed by atoms with Crippen molar-refractivity contribution < 1.29 is 22.0 Å². The Morgan fingerprint density at radius 1 is 0.697 bits per heavy atom. The Labute approximate surface area is 192 Å². The second-order valence-electron chi connectivity index (χ2n) is 9.87. The van der Waals surface area contributed by atoms with E-state index in [0.29, 0.717) is 23.6 Å². The van der Waals surface area contributed by atoms with E-state index in [2.05, 4.69) is 6.58 Å². The minimum atomic E-state index is -1.65. The lowest BCUT2D eigenvalue weighted by molar-refractivity contribution is 0.157. The molecule has 33 heavy (non-hydrogen) atoms. The summed E-state index contributed by atoms with van der Waals surface area (Å²) in [4.78, 5) is 0. The Balaban J connectivity index is 1.40. The molecule has 0 saturated heterocycles. The van der Waals surface area contributed by atoms with Crippen molar-refractivity contribution in [2.45, 2.75) is 70.1 Å². The van der Waals surface area contributed by atoms with E-state index < -0.39 is 34.6 Å². The zero-order valence-corrected chi connectivity index (χ0v) is 18.9. The summed E-state index contributed by atoms with van der Waals surface area (Å²) in [7, 11) is 0. The molecule has 2 aromatic carbocycles.